The molecule has 0 aromatic heterocycles. The lowest BCUT2D eigenvalue weighted by Crippen LogP contribution is -2.31. The van der Waals surface area contributed by atoms with Crippen molar-refractivity contribution in [1.29, 1.82) is 5.26 Å². The summed E-state index contributed by atoms with van der Waals surface area (Å²) < 4.78 is 0. The average Bonchev–Trinajstić information content (AvgIpc) is 2.60. The summed E-state index contributed by atoms with van der Waals surface area (Å²) in [6.07, 6.45) is 4.88. The van der Waals surface area contributed by atoms with Crippen LogP contribution in [-0.4, -0.2) is 0 Å². The van der Waals surface area contributed by atoms with Crippen molar-refractivity contribution in [3.05, 3.63) is 84.4 Å². The van der Waals surface area contributed by atoms with Crippen LogP contribution in [0.4, 0.5) is 0 Å². The molecule has 0 saturated heterocycles. The monoisotopic (exact) mass is 289 g/mol. The molecular formula is C21H23N. The van der Waals surface area contributed by atoms with Crippen molar-refractivity contribution >= 4 is 0 Å². The van der Waals surface area contributed by atoms with Crippen molar-refractivity contribution in [3.63, 3.8) is 0 Å². The minimum absolute atomic E-state index is 0.00681. The van der Waals surface area contributed by atoms with Crippen LogP contribution in [0.2, 0.25) is 0 Å². The lowest BCUT2D eigenvalue weighted by molar-refractivity contribution is 0.437. The van der Waals surface area contributed by atoms with Crippen LogP contribution in [0, 0.1) is 11.3 Å². The fraction of sp³-hybridized carbons (Fsp3) is 0.286. The fourth-order valence-electron chi connectivity index (χ4n) is 3.14. The number of nitriles is 1. The summed E-state index contributed by atoms with van der Waals surface area (Å²) in [5.74, 6) is -0.00681. The van der Waals surface area contributed by atoms with Gasteiger partial charge in [-0.15, -0.1) is 6.58 Å². The van der Waals surface area contributed by atoms with Gasteiger partial charge in [0, 0.05) is 5.92 Å². The third-order valence-electron chi connectivity index (χ3n) is 4.34. The summed E-state index contributed by atoms with van der Waals surface area (Å²) in [7, 11) is 0. The Morgan fingerprint density at radius 3 is 2.18 bits per heavy atom. The van der Waals surface area contributed by atoms with Gasteiger partial charge in [-0.05, 0) is 17.5 Å². The van der Waals surface area contributed by atoms with Crippen LogP contribution < -0.4 is 0 Å². The number of unbranched alkanes of at least 4 members (excludes halogenated alkanes) is 1. The highest BCUT2D eigenvalue weighted by atomic mass is 14.4. The van der Waals surface area contributed by atoms with Gasteiger partial charge in [0.15, 0.2) is 0 Å². The molecule has 2 aromatic rings. The van der Waals surface area contributed by atoms with E-state index < -0.39 is 5.41 Å². The van der Waals surface area contributed by atoms with Crippen LogP contribution in [0.15, 0.2) is 73.3 Å². The standard InChI is InChI=1S/C21H23N/c1-3-5-16-21(17-22,19-14-10-7-11-15-19)20(4-2)18-12-8-6-9-13-18/h4,6-15,20H,2-3,5,16H2,1H3. The highest BCUT2D eigenvalue weighted by Gasteiger charge is 2.39. The predicted molar refractivity (Wildman–Crippen MR) is 92.6 cm³/mol. The molecule has 2 aromatic carbocycles. The van der Waals surface area contributed by atoms with E-state index in [2.05, 4.69) is 43.8 Å². The summed E-state index contributed by atoms with van der Waals surface area (Å²) >= 11 is 0. The molecule has 0 amide bonds. The van der Waals surface area contributed by atoms with Crippen molar-refractivity contribution < 1.29 is 0 Å². The van der Waals surface area contributed by atoms with Crippen LogP contribution >= 0.6 is 0 Å². The molecule has 112 valence electrons. The van der Waals surface area contributed by atoms with E-state index in [0.29, 0.717) is 0 Å². The molecule has 0 saturated carbocycles. The first kappa shape index (κ1) is 16.0. The minimum Gasteiger partial charge on any atom is -0.197 e. The van der Waals surface area contributed by atoms with Crippen molar-refractivity contribution in [2.24, 2.45) is 0 Å². The summed E-state index contributed by atoms with van der Waals surface area (Å²) in [6.45, 7) is 6.20. The number of rotatable bonds is 7. The molecule has 2 atom stereocenters. The third kappa shape index (κ3) is 3.12. The zero-order valence-corrected chi connectivity index (χ0v) is 13.2. The van der Waals surface area contributed by atoms with Gasteiger partial charge in [-0.1, -0.05) is 86.5 Å². The Morgan fingerprint density at radius 2 is 1.68 bits per heavy atom. The van der Waals surface area contributed by atoms with Crippen LogP contribution in [0.1, 0.15) is 43.2 Å². The topological polar surface area (TPSA) is 23.8 Å². The summed E-state index contributed by atoms with van der Waals surface area (Å²) in [5, 5.41) is 10.1. The normalized spacial score (nSPS) is 14.5. The van der Waals surface area contributed by atoms with Crippen molar-refractivity contribution in [1.82, 2.24) is 0 Å². The molecule has 0 aliphatic carbocycles. The second-order valence-electron chi connectivity index (χ2n) is 5.68. The van der Waals surface area contributed by atoms with Crippen molar-refractivity contribution in [2.75, 3.05) is 0 Å². The predicted octanol–water partition coefficient (Wildman–Crippen LogP) is 5.61. The molecule has 0 bridgehead atoms. The van der Waals surface area contributed by atoms with Gasteiger partial charge in [0.2, 0.25) is 0 Å². The van der Waals surface area contributed by atoms with E-state index in [4.69, 9.17) is 0 Å². The lowest BCUT2D eigenvalue weighted by atomic mass is 9.66. The number of hydrogen-bond acceptors (Lipinski definition) is 1. The van der Waals surface area contributed by atoms with E-state index in [0.717, 1.165) is 30.4 Å². The van der Waals surface area contributed by atoms with Gasteiger partial charge in [0.25, 0.3) is 0 Å². The van der Waals surface area contributed by atoms with Crippen LogP contribution in [-0.2, 0) is 5.41 Å². The first-order valence-electron chi connectivity index (χ1n) is 7.92. The van der Waals surface area contributed by atoms with Crippen molar-refractivity contribution in [2.45, 2.75) is 37.5 Å². The van der Waals surface area contributed by atoms with Gasteiger partial charge in [-0.3, -0.25) is 0 Å². The van der Waals surface area contributed by atoms with E-state index in [1.165, 1.54) is 0 Å². The molecule has 0 fully saturated rings. The molecule has 0 radical (unpaired) electrons. The Bertz CT molecular complexity index is 624. The molecule has 2 rings (SSSR count). The Labute approximate surface area is 133 Å². The van der Waals surface area contributed by atoms with Crippen LogP contribution in [0.3, 0.4) is 0 Å². The maximum absolute atomic E-state index is 10.1. The maximum Gasteiger partial charge on any atom is 0.0924 e. The van der Waals surface area contributed by atoms with Gasteiger partial charge in [-0.25, -0.2) is 0 Å². The van der Waals surface area contributed by atoms with Gasteiger partial charge in [0.05, 0.1) is 11.5 Å². The van der Waals surface area contributed by atoms with Crippen molar-refractivity contribution in [3.8, 4) is 6.07 Å². The molecule has 1 nitrogen and oxygen atoms in total. The Kier molecular flexibility index (Phi) is 5.55. The van der Waals surface area contributed by atoms with E-state index in [9.17, 15) is 5.26 Å². The molecule has 0 spiro atoms. The smallest absolute Gasteiger partial charge is 0.0924 e. The summed E-state index contributed by atoms with van der Waals surface area (Å²) in [6, 6.07) is 23.0. The van der Waals surface area contributed by atoms with Gasteiger partial charge >= 0.3 is 0 Å². The van der Waals surface area contributed by atoms with Crippen LogP contribution in [0.25, 0.3) is 0 Å². The lowest BCUT2D eigenvalue weighted by Gasteiger charge is -2.34. The fourth-order valence-corrected chi connectivity index (χ4v) is 3.14. The molecule has 0 N–H and O–H groups in total. The number of nitrogens with zero attached hydrogens (tertiary/aromatic N) is 1. The maximum atomic E-state index is 10.1. The summed E-state index contributed by atoms with van der Waals surface area (Å²) in [4.78, 5) is 0. The first-order valence-corrected chi connectivity index (χ1v) is 7.92. The molecule has 22 heavy (non-hydrogen) atoms. The highest BCUT2D eigenvalue weighted by molar-refractivity contribution is 5.42. The largest absolute Gasteiger partial charge is 0.197 e. The average molecular weight is 289 g/mol. The Balaban J connectivity index is 2.56. The van der Waals surface area contributed by atoms with E-state index in [1.807, 2.05) is 42.5 Å². The first-order chi connectivity index (χ1) is 10.8. The van der Waals surface area contributed by atoms with Gasteiger partial charge < -0.3 is 0 Å². The van der Waals surface area contributed by atoms with E-state index >= 15 is 0 Å². The SMILES string of the molecule is C=CC(c1ccccc1)C(C#N)(CCCC)c1ccccc1. The number of hydrogen-bond donors (Lipinski definition) is 0. The second kappa shape index (κ2) is 7.61. The summed E-state index contributed by atoms with van der Waals surface area (Å²) in [5.41, 5.74) is 1.68. The highest BCUT2D eigenvalue weighted by Crippen LogP contribution is 2.43. The quantitative estimate of drug-likeness (QED) is 0.608. The zero-order chi connectivity index (χ0) is 15.8. The van der Waals surface area contributed by atoms with E-state index in [-0.39, 0.29) is 5.92 Å². The Hall–Kier alpha value is -2.33. The number of allylic oxidation sites excluding steroid dienone is 1. The number of benzene rings is 2. The molecular weight excluding hydrogens is 266 g/mol. The molecule has 1 heteroatoms. The second-order valence-corrected chi connectivity index (χ2v) is 5.68. The molecule has 2 unspecified atom stereocenters. The van der Waals surface area contributed by atoms with Crippen LogP contribution in [0.5, 0.6) is 0 Å². The Morgan fingerprint density at radius 1 is 1.09 bits per heavy atom. The minimum atomic E-state index is -0.555. The van der Waals surface area contributed by atoms with Gasteiger partial charge in [-0.2, -0.15) is 5.26 Å². The van der Waals surface area contributed by atoms with Gasteiger partial charge in [0.1, 0.15) is 0 Å². The molecule has 0 heterocycles. The van der Waals surface area contributed by atoms with E-state index in [1.54, 1.807) is 0 Å². The zero-order valence-electron chi connectivity index (χ0n) is 13.2. The molecule has 0 aliphatic rings. The third-order valence-corrected chi connectivity index (χ3v) is 4.34. The molecule has 0 aliphatic heterocycles.